The number of carbonyl (C=O) groups excluding carboxylic acids is 1. The number of nitrogens with one attached hydrogen (secondary N) is 1. The van der Waals surface area contributed by atoms with Crippen LogP contribution in [-0.4, -0.2) is 41.1 Å². The zero-order chi connectivity index (χ0) is 16.7. The van der Waals surface area contributed by atoms with Gasteiger partial charge in [-0.25, -0.2) is 0 Å². The van der Waals surface area contributed by atoms with Crippen molar-refractivity contribution in [1.82, 2.24) is 10.2 Å². The molecule has 0 aromatic heterocycles. The fourth-order valence-electron chi connectivity index (χ4n) is 3.33. The van der Waals surface area contributed by atoms with Crippen molar-refractivity contribution in [2.45, 2.75) is 58.2 Å². The molecule has 3 atom stereocenters. The molecule has 4 heteroatoms. The number of nitrogens with zero attached hydrogens (tertiary/aromatic N) is 1. The number of piperidine rings is 1. The van der Waals surface area contributed by atoms with E-state index in [1.807, 2.05) is 36.9 Å². The van der Waals surface area contributed by atoms with Crippen molar-refractivity contribution < 1.29 is 9.90 Å². The Morgan fingerprint density at radius 3 is 2.70 bits per heavy atom. The van der Waals surface area contributed by atoms with Crippen molar-refractivity contribution in [2.24, 2.45) is 5.92 Å². The van der Waals surface area contributed by atoms with Gasteiger partial charge in [0, 0.05) is 38.0 Å². The average molecular weight is 318 g/mol. The number of benzene rings is 1. The van der Waals surface area contributed by atoms with E-state index in [1.165, 1.54) is 5.56 Å². The van der Waals surface area contributed by atoms with Crippen LogP contribution in [0.15, 0.2) is 30.3 Å². The lowest BCUT2D eigenvalue weighted by molar-refractivity contribution is -0.134. The Morgan fingerprint density at radius 1 is 1.30 bits per heavy atom. The van der Waals surface area contributed by atoms with Crippen LogP contribution in [0, 0.1) is 5.92 Å². The molecule has 1 heterocycles. The molecule has 1 aromatic carbocycles. The maximum Gasteiger partial charge on any atom is 0.222 e. The summed E-state index contributed by atoms with van der Waals surface area (Å²) in [5.74, 6) is 0.384. The topological polar surface area (TPSA) is 52.6 Å². The third-order valence-electron chi connectivity index (χ3n) is 4.70. The van der Waals surface area contributed by atoms with E-state index in [4.69, 9.17) is 0 Å². The largest absolute Gasteiger partial charge is 0.393 e. The lowest BCUT2D eigenvalue weighted by atomic mass is 9.88. The van der Waals surface area contributed by atoms with E-state index in [2.05, 4.69) is 17.4 Å². The zero-order valence-corrected chi connectivity index (χ0v) is 14.4. The molecule has 23 heavy (non-hydrogen) atoms. The van der Waals surface area contributed by atoms with Gasteiger partial charge in [0.25, 0.3) is 0 Å². The third-order valence-corrected chi connectivity index (χ3v) is 4.70. The van der Waals surface area contributed by atoms with Gasteiger partial charge < -0.3 is 15.3 Å². The van der Waals surface area contributed by atoms with E-state index in [0.29, 0.717) is 13.0 Å². The van der Waals surface area contributed by atoms with E-state index in [0.717, 1.165) is 32.4 Å². The zero-order valence-electron chi connectivity index (χ0n) is 14.4. The fourth-order valence-corrected chi connectivity index (χ4v) is 3.33. The van der Waals surface area contributed by atoms with Gasteiger partial charge in [-0.05, 0) is 24.8 Å². The summed E-state index contributed by atoms with van der Waals surface area (Å²) >= 11 is 0. The molecule has 0 aliphatic carbocycles. The van der Waals surface area contributed by atoms with Crippen LogP contribution >= 0.6 is 0 Å². The number of rotatable bonds is 7. The van der Waals surface area contributed by atoms with Crippen LogP contribution in [0.1, 0.15) is 45.1 Å². The molecular weight excluding hydrogens is 288 g/mol. The molecule has 1 aliphatic heterocycles. The molecule has 0 bridgehead atoms. The molecule has 0 radical (unpaired) electrons. The quantitative estimate of drug-likeness (QED) is 0.812. The van der Waals surface area contributed by atoms with Crippen LogP contribution < -0.4 is 5.32 Å². The summed E-state index contributed by atoms with van der Waals surface area (Å²) in [4.78, 5) is 14.2. The minimum atomic E-state index is -0.326. The highest BCUT2D eigenvalue weighted by molar-refractivity contribution is 5.76. The number of hydrogen-bond donors (Lipinski definition) is 2. The molecule has 2 N–H and O–H groups in total. The third kappa shape index (κ3) is 5.33. The van der Waals surface area contributed by atoms with Gasteiger partial charge in [-0.1, -0.05) is 44.2 Å². The molecular formula is C19H30N2O2. The Morgan fingerprint density at radius 2 is 2.04 bits per heavy atom. The number of aliphatic hydroxyl groups is 1. The van der Waals surface area contributed by atoms with Crippen LogP contribution in [0.3, 0.4) is 0 Å². The normalized spacial score (nSPS) is 22.8. The van der Waals surface area contributed by atoms with Crippen molar-refractivity contribution in [1.29, 1.82) is 0 Å². The van der Waals surface area contributed by atoms with E-state index in [1.54, 1.807) is 0 Å². The summed E-state index contributed by atoms with van der Waals surface area (Å²) in [5, 5.41) is 13.8. The average Bonchev–Trinajstić information content (AvgIpc) is 2.60. The Kier molecular flexibility index (Phi) is 7.06. The molecule has 1 aromatic rings. The predicted octanol–water partition coefficient (Wildman–Crippen LogP) is 2.56. The highest BCUT2D eigenvalue weighted by atomic mass is 16.3. The Hall–Kier alpha value is -1.39. The first-order valence-electron chi connectivity index (χ1n) is 8.87. The standard InChI is InChI=1S/C19H30N2O2/c1-3-8-19(23)21-13-16(18(22)4-2)11-17(14-21)20-12-15-9-6-5-7-10-15/h5-7,9-10,16-18,20,22H,3-4,8,11-14H2,1-2H3. The molecule has 0 saturated carbocycles. The summed E-state index contributed by atoms with van der Waals surface area (Å²) in [6, 6.07) is 10.6. The highest BCUT2D eigenvalue weighted by Crippen LogP contribution is 2.23. The van der Waals surface area contributed by atoms with Crippen molar-refractivity contribution >= 4 is 5.91 Å². The first kappa shape index (κ1) is 18.0. The van der Waals surface area contributed by atoms with E-state index < -0.39 is 0 Å². The predicted molar refractivity (Wildman–Crippen MR) is 93.0 cm³/mol. The van der Waals surface area contributed by atoms with Crippen LogP contribution in [0.25, 0.3) is 0 Å². The second-order valence-corrected chi connectivity index (χ2v) is 6.58. The molecule has 1 saturated heterocycles. The highest BCUT2D eigenvalue weighted by Gasteiger charge is 2.32. The number of hydrogen-bond acceptors (Lipinski definition) is 3. The first-order valence-corrected chi connectivity index (χ1v) is 8.87. The Bertz CT molecular complexity index is 478. The first-order chi connectivity index (χ1) is 11.1. The molecule has 128 valence electrons. The summed E-state index contributed by atoms with van der Waals surface area (Å²) in [6.45, 7) is 6.28. The van der Waals surface area contributed by atoms with Crippen LogP contribution in [0.5, 0.6) is 0 Å². The van der Waals surface area contributed by atoms with E-state index in [-0.39, 0.29) is 24.0 Å². The van der Waals surface area contributed by atoms with Crippen molar-refractivity contribution in [3.63, 3.8) is 0 Å². The summed E-state index contributed by atoms with van der Waals surface area (Å²) < 4.78 is 0. The second-order valence-electron chi connectivity index (χ2n) is 6.58. The lowest BCUT2D eigenvalue weighted by Gasteiger charge is -2.40. The maximum absolute atomic E-state index is 12.3. The Labute approximate surface area is 139 Å². The Balaban J connectivity index is 1.97. The van der Waals surface area contributed by atoms with Gasteiger partial charge in [0.15, 0.2) is 0 Å². The van der Waals surface area contributed by atoms with Gasteiger partial charge in [0.2, 0.25) is 5.91 Å². The summed E-state index contributed by atoms with van der Waals surface area (Å²) in [7, 11) is 0. The molecule has 1 amide bonds. The number of carbonyl (C=O) groups is 1. The molecule has 2 rings (SSSR count). The fraction of sp³-hybridized carbons (Fsp3) is 0.632. The minimum Gasteiger partial charge on any atom is -0.393 e. The molecule has 1 aliphatic rings. The van der Waals surface area contributed by atoms with Crippen LogP contribution in [-0.2, 0) is 11.3 Å². The van der Waals surface area contributed by atoms with Gasteiger partial charge in [-0.3, -0.25) is 4.79 Å². The van der Waals surface area contributed by atoms with Crippen molar-refractivity contribution in [3.05, 3.63) is 35.9 Å². The van der Waals surface area contributed by atoms with Crippen LogP contribution in [0.4, 0.5) is 0 Å². The molecule has 1 fully saturated rings. The maximum atomic E-state index is 12.3. The van der Waals surface area contributed by atoms with Gasteiger partial charge in [-0.2, -0.15) is 0 Å². The molecule has 3 unspecified atom stereocenters. The van der Waals surface area contributed by atoms with Gasteiger partial charge in [-0.15, -0.1) is 0 Å². The van der Waals surface area contributed by atoms with E-state index >= 15 is 0 Å². The van der Waals surface area contributed by atoms with E-state index in [9.17, 15) is 9.90 Å². The van der Waals surface area contributed by atoms with Gasteiger partial charge >= 0.3 is 0 Å². The lowest BCUT2D eigenvalue weighted by Crippen LogP contribution is -2.53. The number of aliphatic hydroxyl groups excluding tert-OH is 1. The van der Waals surface area contributed by atoms with Gasteiger partial charge in [0.1, 0.15) is 0 Å². The summed E-state index contributed by atoms with van der Waals surface area (Å²) in [6.07, 6.45) is 2.82. The number of amides is 1. The SMILES string of the molecule is CCCC(=O)N1CC(NCc2ccccc2)CC(C(O)CC)C1. The van der Waals surface area contributed by atoms with Crippen LogP contribution in [0.2, 0.25) is 0 Å². The second kappa shape index (κ2) is 9.04. The summed E-state index contributed by atoms with van der Waals surface area (Å²) in [5.41, 5.74) is 1.25. The van der Waals surface area contributed by atoms with Gasteiger partial charge in [0.05, 0.1) is 6.10 Å². The smallest absolute Gasteiger partial charge is 0.222 e. The van der Waals surface area contributed by atoms with Crippen molar-refractivity contribution in [3.8, 4) is 0 Å². The molecule has 4 nitrogen and oxygen atoms in total. The number of likely N-dealkylation sites (tertiary alicyclic amines) is 1. The molecule has 0 spiro atoms. The van der Waals surface area contributed by atoms with Crippen molar-refractivity contribution in [2.75, 3.05) is 13.1 Å². The monoisotopic (exact) mass is 318 g/mol. The minimum absolute atomic E-state index is 0.169.